The number of hydrogen-bond acceptors (Lipinski definition) is 4. The number of rotatable bonds is 6. The highest BCUT2D eigenvalue weighted by molar-refractivity contribution is 7.91. The van der Waals surface area contributed by atoms with Crippen molar-refractivity contribution in [1.29, 1.82) is 0 Å². The number of hydrogen-bond donors (Lipinski definition) is 2. The van der Waals surface area contributed by atoms with Gasteiger partial charge in [0.15, 0.2) is 9.84 Å². The van der Waals surface area contributed by atoms with Crippen LogP contribution in [0.25, 0.3) is 0 Å². The summed E-state index contributed by atoms with van der Waals surface area (Å²) < 4.78 is 37.6. The fourth-order valence-electron chi connectivity index (χ4n) is 1.62. The van der Waals surface area contributed by atoms with Crippen LogP contribution in [0, 0.1) is 5.82 Å². The van der Waals surface area contributed by atoms with Gasteiger partial charge in [0.2, 0.25) is 5.91 Å². The van der Waals surface area contributed by atoms with Gasteiger partial charge in [0.25, 0.3) is 0 Å². The molecule has 6 nitrogen and oxygen atoms in total. The van der Waals surface area contributed by atoms with Gasteiger partial charge >= 0.3 is 5.97 Å². The summed E-state index contributed by atoms with van der Waals surface area (Å²) in [6, 6.07) is 2.43. The highest BCUT2D eigenvalue weighted by atomic mass is 32.2. The van der Waals surface area contributed by atoms with Gasteiger partial charge in [-0.25, -0.2) is 17.6 Å². The van der Waals surface area contributed by atoms with E-state index < -0.39 is 38.2 Å². The molecule has 1 amide bonds. The molecule has 0 saturated heterocycles. The standard InChI is InChI=1S/C13H16FNO5S/c1-8(2)15-12(16)5-6-21(19,20)11-4-3-9(13(17)18)7-10(11)14/h3-4,7-8H,5-6H2,1-2H3,(H,15,16)(H,17,18). The molecule has 0 aromatic heterocycles. The third-order valence-corrected chi connectivity index (χ3v) is 4.30. The lowest BCUT2D eigenvalue weighted by atomic mass is 10.2. The Labute approximate surface area is 121 Å². The highest BCUT2D eigenvalue weighted by Crippen LogP contribution is 2.18. The van der Waals surface area contributed by atoms with E-state index in [0.29, 0.717) is 6.07 Å². The average Bonchev–Trinajstić information content (AvgIpc) is 2.35. The molecular weight excluding hydrogens is 301 g/mol. The molecule has 116 valence electrons. The first-order valence-corrected chi connectivity index (χ1v) is 7.83. The van der Waals surface area contributed by atoms with Crippen LogP contribution in [0.5, 0.6) is 0 Å². The number of nitrogens with one attached hydrogen (secondary N) is 1. The molecule has 1 aromatic rings. The Hall–Kier alpha value is -1.96. The number of carboxylic acid groups (broad SMARTS) is 1. The van der Waals surface area contributed by atoms with Crippen LogP contribution >= 0.6 is 0 Å². The fourth-order valence-corrected chi connectivity index (χ4v) is 2.92. The molecule has 1 aromatic carbocycles. The molecule has 1 rings (SSSR count). The van der Waals surface area contributed by atoms with Crippen LogP contribution < -0.4 is 5.32 Å². The van der Waals surface area contributed by atoms with Gasteiger partial charge in [0.1, 0.15) is 10.7 Å². The molecule has 0 heterocycles. The molecular formula is C13H16FNO5S. The molecule has 21 heavy (non-hydrogen) atoms. The van der Waals surface area contributed by atoms with Crippen LogP contribution in [0.2, 0.25) is 0 Å². The number of carboxylic acids is 1. The predicted octanol–water partition coefficient (Wildman–Crippen LogP) is 1.21. The van der Waals surface area contributed by atoms with Crippen molar-refractivity contribution in [1.82, 2.24) is 5.32 Å². The van der Waals surface area contributed by atoms with Gasteiger partial charge in [-0.3, -0.25) is 4.79 Å². The van der Waals surface area contributed by atoms with Gasteiger partial charge in [-0.1, -0.05) is 0 Å². The first-order chi connectivity index (χ1) is 9.63. The van der Waals surface area contributed by atoms with E-state index in [1.807, 2.05) is 0 Å². The van der Waals surface area contributed by atoms with Crippen LogP contribution in [-0.4, -0.2) is 37.2 Å². The van der Waals surface area contributed by atoms with Gasteiger partial charge in [0.05, 0.1) is 11.3 Å². The Morgan fingerprint density at radius 1 is 1.33 bits per heavy atom. The lowest BCUT2D eigenvalue weighted by Crippen LogP contribution is -2.31. The second-order valence-corrected chi connectivity index (χ2v) is 6.82. The number of amides is 1. The van der Waals surface area contributed by atoms with Gasteiger partial charge in [-0.2, -0.15) is 0 Å². The van der Waals surface area contributed by atoms with Crippen molar-refractivity contribution in [3.05, 3.63) is 29.6 Å². The van der Waals surface area contributed by atoms with E-state index in [2.05, 4.69) is 5.32 Å². The van der Waals surface area contributed by atoms with Crippen molar-refractivity contribution >= 4 is 21.7 Å². The van der Waals surface area contributed by atoms with Crippen molar-refractivity contribution in [2.75, 3.05) is 5.75 Å². The van der Waals surface area contributed by atoms with Crippen LogP contribution in [-0.2, 0) is 14.6 Å². The molecule has 0 aliphatic heterocycles. The summed E-state index contributed by atoms with van der Waals surface area (Å²) in [5.74, 6) is -3.49. The van der Waals surface area contributed by atoms with Crippen molar-refractivity contribution < 1.29 is 27.5 Å². The smallest absolute Gasteiger partial charge is 0.335 e. The SMILES string of the molecule is CC(C)NC(=O)CCS(=O)(=O)c1ccc(C(=O)O)cc1F. The average molecular weight is 317 g/mol. The Balaban J connectivity index is 2.88. The predicted molar refractivity (Wildman–Crippen MR) is 73.3 cm³/mol. The molecule has 0 aliphatic rings. The molecule has 0 atom stereocenters. The van der Waals surface area contributed by atoms with Crippen LogP contribution in [0.15, 0.2) is 23.1 Å². The molecule has 0 bridgehead atoms. The second kappa shape index (κ2) is 6.66. The zero-order valence-corrected chi connectivity index (χ0v) is 12.4. The van der Waals surface area contributed by atoms with Crippen LogP contribution in [0.1, 0.15) is 30.6 Å². The molecule has 8 heteroatoms. The van der Waals surface area contributed by atoms with E-state index in [-0.39, 0.29) is 18.0 Å². The van der Waals surface area contributed by atoms with Gasteiger partial charge in [-0.15, -0.1) is 0 Å². The normalized spacial score (nSPS) is 11.4. The fraction of sp³-hybridized carbons (Fsp3) is 0.385. The largest absolute Gasteiger partial charge is 0.478 e. The number of carbonyl (C=O) groups excluding carboxylic acids is 1. The molecule has 0 spiro atoms. The van der Waals surface area contributed by atoms with Crippen molar-refractivity contribution in [3.8, 4) is 0 Å². The summed E-state index contributed by atoms with van der Waals surface area (Å²) in [5, 5.41) is 11.2. The Morgan fingerprint density at radius 3 is 2.43 bits per heavy atom. The summed E-state index contributed by atoms with van der Waals surface area (Å²) in [6.07, 6.45) is -0.291. The van der Waals surface area contributed by atoms with Crippen LogP contribution in [0.4, 0.5) is 4.39 Å². The van der Waals surface area contributed by atoms with E-state index in [1.54, 1.807) is 13.8 Å². The second-order valence-electron chi connectivity index (χ2n) is 4.74. The summed E-state index contributed by atoms with van der Waals surface area (Å²) in [7, 11) is -3.99. The van der Waals surface area contributed by atoms with Crippen molar-refractivity contribution in [2.24, 2.45) is 0 Å². The summed E-state index contributed by atoms with van der Waals surface area (Å²) >= 11 is 0. The lowest BCUT2D eigenvalue weighted by Gasteiger charge is -2.09. The zero-order chi connectivity index (χ0) is 16.2. The molecule has 0 fully saturated rings. The summed E-state index contributed by atoms with van der Waals surface area (Å²) in [4.78, 5) is 21.5. The van der Waals surface area contributed by atoms with Crippen molar-refractivity contribution in [3.63, 3.8) is 0 Å². The third kappa shape index (κ3) is 4.82. The maximum atomic E-state index is 13.7. The molecule has 0 radical (unpaired) electrons. The quantitative estimate of drug-likeness (QED) is 0.821. The third-order valence-electron chi connectivity index (χ3n) is 2.56. The Bertz CT molecular complexity index is 655. The minimum absolute atomic E-state index is 0.119. The number of aromatic carboxylic acids is 1. The van der Waals surface area contributed by atoms with E-state index in [4.69, 9.17) is 5.11 Å². The minimum Gasteiger partial charge on any atom is -0.478 e. The van der Waals surface area contributed by atoms with E-state index in [9.17, 15) is 22.4 Å². The zero-order valence-electron chi connectivity index (χ0n) is 11.6. The van der Waals surface area contributed by atoms with Gasteiger partial charge < -0.3 is 10.4 Å². The highest BCUT2D eigenvalue weighted by Gasteiger charge is 2.21. The van der Waals surface area contributed by atoms with Gasteiger partial charge in [-0.05, 0) is 32.0 Å². The number of benzene rings is 1. The van der Waals surface area contributed by atoms with Crippen molar-refractivity contribution in [2.45, 2.75) is 31.2 Å². The number of sulfone groups is 1. The first-order valence-electron chi connectivity index (χ1n) is 6.18. The van der Waals surface area contributed by atoms with E-state index >= 15 is 0 Å². The van der Waals surface area contributed by atoms with Gasteiger partial charge in [0, 0.05) is 12.5 Å². The molecule has 2 N–H and O–H groups in total. The van der Waals surface area contributed by atoms with E-state index in [1.165, 1.54) is 0 Å². The Kier molecular flexibility index (Phi) is 5.42. The molecule has 0 aliphatic carbocycles. The maximum Gasteiger partial charge on any atom is 0.335 e. The topological polar surface area (TPSA) is 101 Å². The lowest BCUT2D eigenvalue weighted by molar-refractivity contribution is -0.121. The monoisotopic (exact) mass is 317 g/mol. The minimum atomic E-state index is -3.99. The van der Waals surface area contributed by atoms with E-state index in [0.717, 1.165) is 12.1 Å². The summed E-state index contributed by atoms with van der Waals surface area (Å²) in [6.45, 7) is 3.47. The molecule has 0 saturated carbocycles. The number of halogens is 1. The first kappa shape index (κ1) is 17.1. The molecule has 0 unspecified atom stereocenters. The number of carbonyl (C=O) groups is 2. The Morgan fingerprint density at radius 2 is 1.95 bits per heavy atom. The summed E-state index contributed by atoms with van der Waals surface area (Å²) in [5.41, 5.74) is -0.344. The maximum absolute atomic E-state index is 13.7. The van der Waals surface area contributed by atoms with Crippen LogP contribution in [0.3, 0.4) is 0 Å².